The number of benzene rings is 3. The van der Waals surface area contributed by atoms with Crippen LogP contribution in [0.15, 0.2) is 60.7 Å². The summed E-state index contributed by atoms with van der Waals surface area (Å²) < 4.78 is 13.2. The maximum Gasteiger partial charge on any atom is 0.330 e. The third-order valence-electron chi connectivity index (χ3n) is 11.6. The van der Waals surface area contributed by atoms with Crippen molar-refractivity contribution in [2.45, 2.75) is 70.3 Å². The van der Waals surface area contributed by atoms with Crippen LogP contribution in [0.2, 0.25) is 0 Å². The van der Waals surface area contributed by atoms with Crippen molar-refractivity contribution in [2.24, 2.45) is 23.7 Å². The van der Waals surface area contributed by atoms with Gasteiger partial charge >= 0.3 is 5.97 Å². The second kappa shape index (κ2) is 14.9. The van der Waals surface area contributed by atoms with E-state index < -0.39 is 17.4 Å². The Morgan fingerprint density at radius 1 is 0.849 bits per heavy atom. The van der Waals surface area contributed by atoms with Gasteiger partial charge in [-0.15, -0.1) is 0 Å². The van der Waals surface area contributed by atoms with Gasteiger partial charge in [-0.05, 0) is 98.9 Å². The molecule has 4 saturated carbocycles. The zero-order valence-electron chi connectivity index (χ0n) is 30.4. The Labute approximate surface area is 308 Å². The van der Waals surface area contributed by atoms with Crippen LogP contribution in [0.4, 0.5) is 5.69 Å². The second-order valence-corrected chi connectivity index (χ2v) is 14.8. The lowest BCUT2D eigenvalue weighted by molar-refractivity contribution is -0.163. The topological polar surface area (TPSA) is 161 Å². The molecule has 8 rings (SSSR count). The van der Waals surface area contributed by atoms with E-state index in [1.807, 2.05) is 42.5 Å². The minimum atomic E-state index is -1.34. The number of anilines is 1. The lowest BCUT2D eigenvalue weighted by atomic mass is 9.48. The van der Waals surface area contributed by atoms with Crippen molar-refractivity contribution in [3.05, 3.63) is 66.4 Å². The average Bonchev–Trinajstić information content (AvgIpc) is 3.58. The van der Waals surface area contributed by atoms with Crippen LogP contribution < -0.4 is 25.4 Å². The van der Waals surface area contributed by atoms with Crippen molar-refractivity contribution in [1.82, 2.24) is 20.4 Å². The van der Waals surface area contributed by atoms with Gasteiger partial charge in [-0.1, -0.05) is 36.8 Å². The molecule has 1 aromatic heterocycles. The molecule has 3 aromatic carbocycles. The Morgan fingerprint density at radius 3 is 2.13 bits per heavy atom. The Kier molecular flexibility index (Phi) is 10.1. The van der Waals surface area contributed by atoms with Crippen LogP contribution in [0.3, 0.4) is 0 Å². The number of methoxy groups -OCH3 is 2. The number of carbonyl (C=O) groups is 4. The Hall–Kier alpha value is -5.39. The van der Waals surface area contributed by atoms with Crippen LogP contribution in [0.1, 0.15) is 75.2 Å². The Bertz CT molecular complexity index is 2010. The number of rotatable bonds is 14. The van der Waals surface area contributed by atoms with Crippen molar-refractivity contribution < 1.29 is 33.8 Å². The molecule has 0 spiro atoms. The minimum absolute atomic E-state index is 0.0639. The quantitative estimate of drug-likeness (QED) is 0.110. The van der Waals surface area contributed by atoms with Crippen LogP contribution >= 0.6 is 0 Å². The number of aliphatic carboxylic acids is 1. The number of carbonyl (C=O) groups excluding carboxylic acids is 3. The summed E-state index contributed by atoms with van der Waals surface area (Å²) in [6, 6.07) is 18.4. The predicted octanol–water partition coefficient (Wildman–Crippen LogP) is 6.35. The van der Waals surface area contributed by atoms with Crippen LogP contribution in [0.5, 0.6) is 11.5 Å². The van der Waals surface area contributed by atoms with Crippen molar-refractivity contribution >= 4 is 40.2 Å². The van der Waals surface area contributed by atoms with Crippen LogP contribution in [0.25, 0.3) is 27.7 Å². The third-order valence-corrected chi connectivity index (χ3v) is 11.6. The molecule has 12 nitrogen and oxygen atoms in total. The van der Waals surface area contributed by atoms with Crippen molar-refractivity contribution in [3.63, 3.8) is 0 Å². The van der Waals surface area contributed by atoms with Crippen molar-refractivity contribution in [1.29, 1.82) is 0 Å². The molecular formula is C41H47N5O7. The molecule has 4 aromatic rings. The smallest absolute Gasteiger partial charge is 0.330 e. The summed E-state index contributed by atoms with van der Waals surface area (Å²) in [7, 11) is 3.12. The molecule has 4 bridgehead atoms. The Balaban J connectivity index is 1.25. The highest BCUT2D eigenvalue weighted by Crippen LogP contribution is 2.58. The number of nitrogens with zero attached hydrogens (tertiary/aromatic N) is 2. The predicted molar refractivity (Wildman–Crippen MR) is 200 cm³/mol. The van der Waals surface area contributed by atoms with E-state index in [-0.39, 0.29) is 29.3 Å². The first-order valence-corrected chi connectivity index (χ1v) is 18.6. The van der Waals surface area contributed by atoms with E-state index in [2.05, 4.69) is 16.0 Å². The summed E-state index contributed by atoms with van der Waals surface area (Å²) in [4.78, 5) is 51.6. The number of hydrogen-bond acceptors (Lipinski definition) is 7. The summed E-state index contributed by atoms with van der Waals surface area (Å²) in [5, 5.41) is 26.1. The molecule has 0 radical (unpaired) electrons. The van der Waals surface area contributed by atoms with Gasteiger partial charge in [0.15, 0.2) is 5.69 Å². The normalized spacial score (nSPS) is 22.7. The van der Waals surface area contributed by atoms with Crippen molar-refractivity contribution in [3.8, 4) is 28.4 Å². The van der Waals surface area contributed by atoms with E-state index in [4.69, 9.17) is 14.6 Å². The highest BCUT2D eigenvalue weighted by Gasteiger charge is 2.62. The molecule has 0 unspecified atom stereocenters. The number of nitrogens with one attached hydrogen (secondary N) is 3. The minimum Gasteiger partial charge on any atom is -0.496 e. The molecule has 4 aliphatic carbocycles. The average molecular weight is 722 g/mol. The molecule has 4 N–H and O–H groups in total. The summed E-state index contributed by atoms with van der Waals surface area (Å²) in [6.45, 7) is 2.08. The van der Waals surface area contributed by atoms with Gasteiger partial charge < -0.3 is 30.5 Å². The zero-order valence-corrected chi connectivity index (χ0v) is 30.4. The summed E-state index contributed by atoms with van der Waals surface area (Å²) in [5.74, 6) is 0.122. The number of fused-ring (bicyclic) bond motifs is 1. The first-order chi connectivity index (χ1) is 25.6. The van der Waals surface area contributed by atoms with Crippen LogP contribution in [0, 0.1) is 23.7 Å². The maximum absolute atomic E-state index is 14.3. The van der Waals surface area contributed by atoms with E-state index in [1.54, 1.807) is 37.1 Å². The van der Waals surface area contributed by atoms with E-state index >= 15 is 0 Å². The monoisotopic (exact) mass is 721 g/mol. The molecular weight excluding hydrogens is 674 g/mol. The second-order valence-electron chi connectivity index (χ2n) is 14.8. The zero-order chi connectivity index (χ0) is 37.3. The molecule has 12 heteroatoms. The summed E-state index contributed by atoms with van der Waals surface area (Å²) in [5.41, 5.74) is 1.10. The number of ether oxygens (including phenoxy) is 2. The Morgan fingerprint density at radius 2 is 1.51 bits per heavy atom. The van der Waals surface area contributed by atoms with Gasteiger partial charge in [0.25, 0.3) is 5.91 Å². The number of carboxylic acids is 1. The lowest BCUT2D eigenvalue weighted by Crippen LogP contribution is -2.70. The van der Waals surface area contributed by atoms with E-state index in [0.717, 1.165) is 55.7 Å². The van der Waals surface area contributed by atoms with Gasteiger partial charge in [0.05, 0.1) is 31.2 Å². The fourth-order valence-corrected chi connectivity index (χ4v) is 9.39. The molecule has 4 aliphatic rings. The van der Waals surface area contributed by atoms with Gasteiger partial charge in [0.1, 0.15) is 17.0 Å². The molecule has 3 amide bonds. The fourth-order valence-electron chi connectivity index (χ4n) is 9.39. The third kappa shape index (κ3) is 6.82. The fraction of sp³-hybridized carbons (Fsp3) is 0.439. The summed E-state index contributed by atoms with van der Waals surface area (Å²) in [6.07, 6.45) is 7.04. The van der Waals surface area contributed by atoms with Gasteiger partial charge in [-0.2, -0.15) is 5.10 Å². The van der Waals surface area contributed by atoms with Gasteiger partial charge in [0, 0.05) is 36.3 Å². The molecule has 0 atom stereocenters. The first-order valence-electron chi connectivity index (χ1n) is 18.6. The largest absolute Gasteiger partial charge is 0.496 e. The standard InChI is InChI=1S/C41H47N5O7/c1-24(47)42-17-8-4-5-14-37(48)43-31-15-16-33(30-11-7-6-10-29(30)31)46-34(38-35(52-2)12-9-13-36(38)53-3)23-32(45-46)39(49)44-41(40(50)51)27-19-25-18-26(21-27)22-28(41)20-25/h6-7,9-13,15-16,23,25-28H,4-5,8,14,17-22H2,1-3H3,(H,42,47)(H,43,48)(H,44,49)(H,50,51). The van der Waals surface area contributed by atoms with Gasteiger partial charge in [-0.3, -0.25) is 14.4 Å². The number of amides is 3. The number of hydrogen-bond donors (Lipinski definition) is 4. The summed E-state index contributed by atoms with van der Waals surface area (Å²) >= 11 is 0. The first kappa shape index (κ1) is 36.0. The van der Waals surface area contributed by atoms with Crippen molar-refractivity contribution in [2.75, 3.05) is 26.1 Å². The number of aromatic nitrogens is 2. The van der Waals surface area contributed by atoms with E-state index in [1.165, 1.54) is 6.92 Å². The lowest BCUT2D eigenvalue weighted by Gasteiger charge is -2.59. The molecule has 4 fully saturated rings. The number of unbranched alkanes of at least 4 members (excludes halogenated alkanes) is 2. The molecule has 278 valence electrons. The number of carboxylic acid groups (broad SMARTS) is 1. The van der Waals surface area contributed by atoms with E-state index in [0.29, 0.717) is 65.4 Å². The highest BCUT2D eigenvalue weighted by molar-refractivity contribution is 6.05. The SMILES string of the molecule is COc1cccc(OC)c1-c1cc(C(=O)NC2(C(=O)O)C3CC4CC(C3)CC2C4)nn1-c1ccc(NC(=O)CCCCCNC(C)=O)c2ccccc12. The van der Waals surface area contributed by atoms with Crippen LogP contribution in [-0.2, 0) is 14.4 Å². The van der Waals surface area contributed by atoms with Crippen LogP contribution in [-0.4, -0.2) is 64.9 Å². The molecule has 0 saturated heterocycles. The van der Waals surface area contributed by atoms with Gasteiger partial charge in [-0.25, -0.2) is 9.48 Å². The van der Waals surface area contributed by atoms with E-state index in [9.17, 15) is 24.3 Å². The van der Waals surface area contributed by atoms with Gasteiger partial charge in [0.2, 0.25) is 11.8 Å². The highest BCUT2D eigenvalue weighted by atomic mass is 16.5. The molecule has 53 heavy (non-hydrogen) atoms. The molecule has 1 heterocycles. The molecule has 0 aliphatic heterocycles. The maximum atomic E-state index is 14.3.